The number of imide groups is 1. The van der Waals surface area contributed by atoms with Gasteiger partial charge in [0, 0.05) is 17.5 Å². The van der Waals surface area contributed by atoms with Gasteiger partial charge >= 0.3 is 5.97 Å². The van der Waals surface area contributed by atoms with Crippen molar-refractivity contribution in [2.24, 2.45) is 11.7 Å². The molecule has 9 heteroatoms. The Kier molecular flexibility index (Phi) is 3.85. The molecule has 0 spiro atoms. The molecule has 1 saturated heterocycles. The molecule has 1 fully saturated rings. The fourth-order valence-corrected chi connectivity index (χ4v) is 5.87. The highest BCUT2D eigenvalue weighted by Crippen LogP contribution is 2.54. The quantitative estimate of drug-likeness (QED) is 0.411. The lowest BCUT2D eigenvalue weighted by molar-refractivity contribution is -0.131. The van der Waals surface area contributed by atoms with Gasteiger partial charge in [-0.05, 0) is 18.2 Å². The summed E-state index contributed by atoms with van der Waals surface area (Å²) in [5.74, 6) is -1.28. The monoisotopic (exact) mass is 436 g/mol. The molecular formula is C22H16N2O6S. The second kappa shape index (κ2) is 6.52. The zero-order valence-electron chi connectivity index (χ0n) is 16.1. The number of nitrogens with two attached hydrogens (primary N) is 1. The zero-order valence-corrected chi connectivity index (χ0v) is 16.9. The van der Waals surface area contributed by atoms with E-state index in [1.165, 1.54) is 4.90 Å². The summed E-state index contributed by atoms with van der Waals surface area (Å²) in [5, 5.41) is -0.510. The summed E-state index contributed by atoms with van der Waals surface area (Å²) in [4.78, 5) is 40.8. The van der Waals surface area contributed by atoms with E-state index in [-0.39, 0.29) is 22.4 Å². The van der Waals surface area contributed by atoms with E-state index in [4.69, 9.17) is 19.9 Å². The summed E-state index contributed by atoms with van der Waals surface area (Å²) in [6, 6.07) is 12.0. The van der Waals surface area contributed by atoms with Crippen LogP contribution in [-0.2, 0) is 14.4 Å². The highest BCUT2D eigenvalue weighted by atomic mass is 32.2. The van der Waals surface area contributed by atoms with Crippen LogP contribution in [0.2, 0.25) is 0 Å². The Hall–Kier alpha value is -3.46. The predicted octanol–water partition coefficient (Wildman–Crippen LogP) is 1.94. The molecule has 2 N–H and O–H groups in total. The number of hydrogen-bond acceptors (Lipinski definition) is 8. The minimum absolute atomic E-state index is 0.218. The van der Waals surface area contributed by atoms with Gasteiger partial charge in [0.05, 0.1) is 22.2 Å². The van der Waals surface area contributed by atoms with Crippen molar-refractivity contribution in [2.75, 3.05) is 18.1 Å². The van der Waals surface area contributed by atoms with Crippen molar-refractivity contribution in [1.29, 1.82) is 0 Å². The van der Waals surface area contributed by atoms with Gasteiger partial charge in [0.1, 0.15) is 24.2 Å². The van der Waals surface area contributed by atoms with Gasteiger partial charge in [-0.25, -0.2) is 9.69 Å². The lowest BCUT2D eigenvalue weighted by Gasteiger charge is -2.36. The fraction of sp³-hybridized carbons (Fsp3) is 0.227. The van der Waals surface area contributed by atoms with E-state index in [1.807, 2.05) is 6.07 Å². The predicted molar refractivity (Wildman–Crippen MR) is 111 cm³/mol. The summed E-state index contributed by atoms with van der Waals surface area (Å²) in [7, 11) is 0. The first-order valence-corrected chi connectivity index (χ1v) is 10.7. The molecule has 0 aromatic heterocycles. The molecule has 8 nitrogen and oxygen atoms in total. The van der Waals surface area contributed by atoms with E-state index in [1.54, 1.807) is 36.4 Å². The Bertz CT molecular complexity index is 1210. The second-order valence-electron chi connectivity index (χ2n) is 7.59. The molecule has 31 heavy (non-hydrogen) atoms. The number of para-hydroxylation sites is 1. The number of nitrogens with zero attached hydrogens (tertiary/aromatic N) is 1. The Morgan fingerprint density at radius 3 is 2.55 bits per heavy atom. The molecule has 4 heterocycles. The number of ether oxygens (including phenoxy) is 3. The van der Waals surface area contributed by atoms with E-state index in [9.17, 15) is 14.4 Å². The standard InChI is InChI=1S/C22H16N2O6S/c23-19-17-15(11-3-1-2-4-12(11)30-22(17)27)16-18(31-19)21(26)24(20(16)25)10-5-6-13-14(9-10)29-8-7-28-13/h1-6,9,15-16,18H,7-8,23H2/t15-,16-,18-/m1/s1. The molecule has 0 saturated carbocycles. The molecule has 0 radical (unpaired) electrons. The Labute approximate surface area is 180 Å². The number of esters is 1. The summed E-state index contributed by atoms with van der Waals surface area (Å²) < 4.78 is 16.6. The van der Waals surface area contributed by atoms with Crippen LogP contribution in [-0.4, -0.2) is 36.2 Å². The number of thioether (sulfide) groups is 1. The van der Waals surface area contributed by atoms with Gasteiger partial charge in [-0.2, -0.15) is 0 Å². The number of benzene rings is 2. The highest BCUT2D eigenvalue weighted by Gasteiger charge is 2.58. The third-order valence-corrected chi connectivity index (χ3v) is 7.17. The topological polar surface area (TPSA) is 108 Å². The van der Waals surface area contributed by atoms with Crippen LogP contribution >= 0.6 is 11.8 Å². The number of carbonyl (C=O) groups is 3. The lowest BCUT2D eigenvalue weighted by Crippen LogP contribution is -2.39. The first-order chi connectivity index (χ1) is 15.0. The zero-order chi connectivity index (χ0) is 21.3. The largest absolute Gasteiger partial charge is 0.486 e. The third kappa shape index (κ3) is 2.53. The molecule has 156 valence electrons. The average Bonchev–Trinajstić information content (AvgIpc) is 3.02. The number of hydrogen-bond donors (Lipinski definition) is 1. The van der Waals surface area contributed by atoms with E-state index < -0.39 is 23.1 Å². The van der Waals surface area contributed by atoms with Crippen molar-refractivity contribution in [3.63, 3.8) is 0 Å². The van der Waals surface area contributed by atoms with E-state index in [2.05, 4.69) is 0 Å². The summed E-state index contributed by atoms with van der Waals surface area (Å²) in [6.07, 6.45) is 0. The van der Waals surface area contributed by atoms with Crippen LogP contribution in [0.15, 0.2) is 53.1 Å². The summed E-state index contributed by atoms with van der Waals surface area (Å²) >= 11 is 1.05. The minimum atomic E-state index is -0.762. The average molecular weight is 436 g/mol. The van der Waals surface area contributed by atoms with Gasteiger partial charge in [-0.1, -0.05) is 30.0 Å². The van der Waals surface area contributed by atoms with Crippen LogP contribution in [0.4, 0.5) is 5.69 Å². The van der Waals surface area contributed by atoms with Gasteiger partial charge in [0.15, 0.2) is 11.5 Å². The molecule has 6 rings (SSSR count). The second-order valence-corrected chi connectivity index (χ2v) is 8.77. The Morgan fingerprint density at radius 2 is 1.71 bits per heavy atom. The van der Waals surface area contributed by atoms with Crippen molar-refractivity contribution in [1.82, 2.24) is 0 Å². The smallest absolute Gasteiger partial charge is 0.342 e. The maximum absolute atomic E-state index is 13.6. The van der Waals surface area contributed by atoms with E-state index >= 15 is 0 Å². The fourth-order valence-electron chi connectivity index (χ4n) is 4.63. The summed E-state index contributed by atoms with van der Waals surface area (Å²) in [6.45, 7) is 0.837. The molecule has 2 aromatic carbocycles. The molecule has 4 aliphatic heterocycles. The number of amides is 2. The van der Waals surface area contributed by atoms with Crippen molar-refractivity contribution in [2.45, 2.75) is 11.2 Å². The van der Waals surface area contributed by atoms with Crippen molar-refractivity contribution < 1.29 is 28.6 Å². The van der Waals surface area contributed by atoms with Gasteiger partial charge in [0.25, 0.3) is 0 Å². The summed E-state index contributed by atoms with van der Waals surface area (Å²) in [5.41, 5.74) is 7.53. The van der Waals surface area contributed by atoms with Gasteiger partial charge in [-0.3, -0.25) is 9.59 Å². The maximum Gasteiger partial charge on any atom is 0.342 e. The molecule has 2 aromatic rings. The van der Waals surface area contributed by atoms with Crippen LogP contribution in [0.1, 0.15) is 11.5 Å². The molecular weight excluding hydrogens is 420 g/mol. The number of carbonyl (C=O) groups excluding carboxylic acids is 3. The van der Waals surface area contributed by atoms with Gasteiger partial charge in [0.2, 0.25) is 11.8 Å². The lowest BCUT2D eigenvalue weighted by atomic mass is 9.77. The van der Waals surface area contributed by atoms with Crippen molar-refractivity contribution >= 4 is 35.2 Å². The minimum Gasteiger partial charge on any atom is -0.486 e. The van der Waals surface area contributed by atoms with Crippen LogP contribution in [0.3, 0.4) is 0 Å². The molecule has 0 aliphatic carbocycles. The number of fused-ring (bicyclic) bond motifs is 6. The molecule has 0 bridgehead atoms. The van der Waals surface area contributed by atoms with E-state index in [0.29, 0.717) is 41.7 Å². The van der Waals surface area contributed by atoms with Gasteiger partial charge < -0.3 is 19.9 Å². The number of anilines is 1. The SMILES string of the molecule is NC1=C2C(=O)Oc3ccccc3[C@@H]2[C@H]2C(=O)N(c3ccc4c(c3)OCCO4)C(=O)[C@@H]2S1. The van der Waals surface area contributed by atoms with Crippen LogP contribution in [0, 0.1) is 5.92 Å². The van der Waals surface area contributed by atoms with Crippen LogP contribution < -0.4 is 24.8 Å². The van der Waals surface area contributed by atoms with Crippen molar-refractivity contribution in [3.05, 3.63) is 58.6 Å². The maximum atomic E-state index is 13.6. The molecule has 3 atom stereocenters. The molecule has 2 amide bonds. The number of rotatable bonds is 1. The highest BCUT2D eigenvalue weighted by molar-refractivity contribution is 8.04. The first kappa shape index (κ1) is 18.3. The third-order valence-electron chi connectivity index (χ3n) is 5.95. The Morgan fingerprint density at radius 1 is 0.935 bits per heavy atom. The van der Waals surface area contributed by atoms with Crippen LogP contribution in [0.5, 0.6) is 17.2 Å². The first-order valence-electron chi connectivity index (χ1n) is 9.79. The molecule has 4 aliphatic rings. The Balaban J connectivity index is 1.46. The molecule has 0 unspecified atom stereocenters. The van der Waals surface area contributed by atoms with Gasteiger partial charge in [-0.15, -0.1) is 0 Å². The van der Waals surface area contributed by atoms with Crippen LogP contribution in [0.25, 0.3) is 0 Å². The van der Waals surface area contributed by atoms with E-state index in [0.717, 1.165) is 11.8 Å². The normalized spacial score (nSPS) is 26.3. The van der Waals surface area contributed by atoms with Crippen molar-refractivity contribution in [3.8, 4) is 17.2 Å².